The van der Waals surface area contributed by atoms with Gasteiger partial charge in [0.2, 0.25) is 0 Å². The van der Waals surface area contributed by atoms with Crippen molar-refractivity contribution in [2.45, 2.75) is 6.42 Å². The summed E-state index contributed by atoms with van der Waals surface area (Å²) in [5.74, 6) is 0. The maximum Gasteiger partial charge on any atom is 0.317 e. The summed E-state index contributed by atoms with van der Waals surface area (Å²) in [7, 11) is 0. The Kier molecular flexibility index (Phi) is 7.47. The number of rotatable bonds is 7. The van der Waals surface area contributed by atoms with E-state index in [4.69, 9.17) is 10.2 Å². The zero-order valence-electron chi connectivity index (χ0n) is 10.7. The maximum absolute atomic E-state index is 11.8. The number of nitrogens with one attached hydrogen (secondary N) is 1. The lowest BCUT2D eigenvalue weighted by atomic mass is 10.1. The molecule has 1 aromatic rings. The molecular weight excluding hydrogens is 312 g/mol. The molecule has 0 aliphatic heterocycles. The van der Waals surface area contributed by atoms with Gasteiger partial charge in [-0.15, -0.1) is 0 Å². The van der Waals surface area contributed by atoms with Gasteiger partial charge in [-0.1, -0.05) is 28.1 Å². The fourth-order valence-corrected chi connectivity index (χ4v) is 1.90. The van der Waals surface area contributed by atoms with E-state index in [9.17, 15) is 4.79 Å². The summed E-state index contributed by atoms with van der Waals surface area (Å²) in [6.45, 7) is 0.753. The van der Waals surface area contributed by atoms with Gasteiger partial charge in [0, 0.05) is 24.1 Å². The Morgan fingerprint density at radius 3 is 2.26 bits per heavy atom. The van der Waals surface area contributed by atoms with Crippen LogP contribution in [0.1, 0.15) is 5.56 Å². The molecule has 0 radical (unpaired) electrons. The highest BCUT2D eigenvalue weighted by molar-refractivity contribution is 9.10. The Balaban J connectivity index is 2.34. The van der Waals surface area contributed by atoms with E-state index in [2.05, 4.69) is 21.2 Å². The van der Waals surface area contributed by atoms with Crippen LogP contribution in [0.15, 0.2) is 28.7 Å². The molecule has 2 amide bonds. The molecule has 0 saturated carbocycles. The fraction of sp³-hybridized carbons (Fsp3) is 0.462. The van der Waals surface area contributed by atoms with Crippen LogP contribution in [0.5, 0.6) is 0 Å². The first-order valence-corrected chi connectivity index (χ1v) is 6.95. The zero-order valence-corrected chi connectivity index (χ0v) is 12.3. The molecule has 0 heterocycles. The second-order valence-electron chi connectivity index (χ2n) is 4.04. The molecule has 0 fully saturated rings. The second-order valence-corrected chi connectivity index (χ2v) is 4.96. The van der Waals surface area contributed by atoms with Gasteiger partial charge < -0.3 is 20.4 Å². The van der Waals surface area contributed by atoms with E-state index < -0.39 is 0 Å². The lowest BCUT2D eigenvalue weighted by Gasteiger charge is -2.21. The molecular formula is C13H19BrN2O3. The standard InChI is InChI=1S/C13H19BrN2O3/c14-12-3-1-11(2-4-12)5-6-15-13(19)16(7-9-17)8-10-18/h1-4,17-18H,5-10H2,(H,15,19). The first-order valence-electron chi connectivity index (χ1n) is 6.16. The minimum atomic E-state index is -0.264. The molecule has 1 aromatic carbocycles. The first-order chi connectivity index (χ1) is 9.17. The van der Waals surface area contributed by atoms with Crippen molar-refractivity contribution in [3.63, 3.8) is 0 Å². The van der Waals surface area contributed by atoms with Gasteiger partial charge in [-0.25, -0.2) is 4.79 Å². The SMILES string of the molecule is O=C(NCCc1ccc(Br)cc1)N(CCO)CCO. The number of hydrogen-bond donors (Lipinski definition) is 3. The van der Waals surface area contributed by atoms with E-state index in [1.807, 2.05) is 24.3 Å². The third-order valence-corrected chi connectivity index (χ3v) is 3.16. The molecule has 19 heavy (non-hydrogen) atoms. The quantitative estimate of drug-likeness (QED) is 0.698. The number of aliphatic hydroxyl groups excluding tert-OH is 2. The molecule has 0 aliphatic rings. The monoisotopic (exact) mass is 330 g/mol. The lowest BCUT2D eigenvalue weighted by Crippen LogP contribution is -2.43. The molecule has 0 aliphatic carbocycles. The first kappa shape index (κ1) is 15.9. The molecule has 0 aromatic heterocycles. The summed E-state index contributed by atoms with van der Waals surface area (Å²) in [6, 6.07) is 7.65. The molecule has 0 unspecified atom stereocenters. The van der Waals surface area contributed by atoms with Crippen LogP contribution in [0.3, 0.4) is 0 Å². The summed E-state index contributed by atoms with van der Waals surface area (Å²) >= 11 is 3.37. The second kappa shape index (κ2) is 8.90. The Morgan fingerprint density at radius 2 is 1.74 bits per heavy atom. The van der Waals surface area contributed by atoms with Crippen molar-refractivity contribution < 1.29 is 15.0 Å². The van der Waals surface area contributed by atoms with Crippen LogP contribution in [0.25, 0.3) is 0 Å². The predicted molar refractivity (Wildman–Crippen MR) is 77.0 cm³/mol. The van der Waals surface area contributed by atoms with Crippen LogP contribution in [0.2, 0.25) is 0 Å². The highest BCUT2D eigenvalue weighted by Crippen LogP contribution is 2.10. The van der Waals surface area contributed by atoms with E-state index in [0.717, 1.165) is 16.5 Å². The lowest BCUT2D eigenvalue weighted by molar-refractivity contribution is 0.158. The van der Waals surface area contributed by atoms with Gasteiger partial charge in [0.05, 0.1) is 13.2 Å². The summed E-state index contributed by atoms with van der Waals surface area (Å²) in [5.41, 5.74) is 1.14. The summed E-state index contributed by atoms with van der Waals surface area (Å²) in [5, 5.41) is 20.4. The average molecular weight is 331 g/mol. The minimum absolute atomic E-state index is 0.111. The normalized spacial score (nSPS) is 10.3. The van der Waals surface area contributed by atoms with Crippen molar-refractivity contribution in [3.05, 3.63) is 34.3 Å². The van der Waals surface area contributed by atoms with Gasteiger partial charge in [-0.3, -0.25) is 0 Å². The van der Waals surface area contributed by atoms with E-state index in [-0.39, 0.29) is 32.3 Å². The van der Waals surface area contributed by atoms with Crippen LogP contribution in [0.4, 0.5) is 4.79 Å². The number of urea groups is 1. The highest BCUT2D eigenvalue weighted by Gasteiger charge is 2.11. The van der Waals surface area contributed by atoms with Gasteiger partial charge in [0.25, 0.3) is 0 Å². The van der Waals surface area contributed by atoms with Gasteiger partial charge in [-0.2, -0.15) is 0 Å². The van der Waals surface area contributed by atoms with E-state index in [1.165, 1.54) is 4.90 Å². The number of benzene rings is 1. The van der Waals surface area contributed by atoms with Crippen molar-refractivity contribution in [3.8, 4) is 0 Å². The number of hydrogen-bond acceptors (Lipinski definition) is 3. The topological polar surface area (TPSA) is 72.8 Å². The Bertz CT molecular complexity index is 378. The Hall–Kier alpha value is -1.11. The molecule has 1 rings (SSSR count). The summed E-state index contributed by atoms with van der Waals surface area (Å²) < 4.78 is 1.03. The van der Waals surface area contributed by atoms with Crippen molar-refractivity contribution in [2.75, 3.05) is 32.8 Å². The average Bonchev–Trinajstić information content (AvgIpc) is 2.40. The van der Waals surface area contributed by atoms with Gasteiger partial charge >= 0.3 is 6.03 Å². The molecule has 5 nitrogen and oxygen atoms in total. The number of carbonyl (C=O) groups excluding carboxylic acids is 1. The molecule has 3 N–H and O–H groups in total. The van der Waals surface area contributed by atoms with Gasteiger partial charge in [-0.05, 0) is 24.1 Å². The summed E-state index contributed by atoms with van der Waals surface area (Å²) in [6.07, 6.45) is 0.741. The molecule has 0 atom stereocenters. The zero-order chi connectivity index (χ0) is 14.1. The van der Waals surface area contributed by atoms with Crippen LogP contribution in [0, 0.1) is 0 Å². The molecule has 0 bridgehead atoms. The Labute approximate surface area is 121 Å². The van der Waals surface area contributed by atoms with Crippen molar-refractivity contribution in [1.29, 1.82) is 0 Å². The Morgan fingerprint density at radius 1 is 1.16 bits per heavy atom. The minimum Gasteiger partial charge on any atom is -0.395 e. The largest absolute Gasteiger partial charge is 0.395 e. The fourth-order valence-electron chi connectivity index (χ4n) is 1.63. The predicted octanol–water partition coefficient (Wildman–Crippen LogP) is 0.988. The number of nitrogens with zero attached hydrogens (tertiary/aromatic N) is 1. The molecule has 0 saturated heterocycles. The van der Waals surface area contributed by atoms with Crippen molar-refractivity contribution >= 4 is 22.0 Å². The van der Waals surface area contributed by atoms with Crippen molar-refractivity contribution in [1.82, 2.24) is 10.2 Å². The van der Waals surface area contributed by atoms with Crippen LogP contribution >= 0.6 is 15.9 Å². The third kappa shape index (κ3) is 6.04. The van der Waals surface area contributed by atoms with Crippen LogP contribution < -0.4 is 5.32 Å². The third-order valence-electron chi connectivity index (χ3n) is 2.63. The maximum atomic E-state index is 11.8. The van der Waals surface area contributed by atoms with Gasteiger partial charge in [0.15, 0.2) is 0 Å². The van der Waals surface area contributed by atoms with Crippen LogP contribution in [-0.2, 0) is 6.42 Å². The summed E-state index contributed by atoms with van der Waals surface area (Å²) in [4.78, 5) is 13.1. The smallest absolute Gasteiger partial charge is 0.317 e. The molecule has 106 valence electrons. The van der Waals surface area contributed by atoms with Crippen molar-refractivity contribution in [2.24, 2.45) is 0 Å². The number of amides is 2. The molecule has 0 spiro atoms. The van der Waals surface area contributed by atoms with E-state index >= 15 is 0 Å². The van der Waals surface area contributed by atoms with E-state index in [1.54, 1.807) is 0 Å². The van der Waals surface area contributed by atoms with Crippen LogP contribution in [-0.4, -0.2) is 54.0 Å². The highest BCUT2D eigenvalue weighted by atomic mass is 79.9. The number of halogens is 1. The number of aliphatic hydroxyl groups is 2. The number of carbonyl (C=O) groups is 1. The van der Waals surface area contributed by atoms with E-state index in [0.29, 0.717) is 6.54 Å². The van der Waals surface area contributed by atoms with Gasteiger partial charge in [0.1, 0.15) is 0 Å². The molecule has 6 heteroatoms.